The molecule has 2 saturated carbocycles. The van der Waals surface area contributed by atoms with Crippen LogP contribution in [0.3, 0.4) is 0 Å². The van der Waals surface area contributed by atoms with E-state index in [9.17, 15) is 9.90 Å². The molecule has 0 saturated heterocycles. The molecule has 3 rings (SSSR count). The lowest BCUT2D eigenvalue weighted by atomic mass is 9.76. The molecule has 0 aliphatic heterocycles. The van der Waals surface area contributed by atoms with E-state index in [0.29, 0.717) is 5.92 Å². The molecule has 1 atom stereocenters. The lowest BCUT2D eigenvalue weighted by Crippen LogP contribution is -2.49. The lowest BCUT2D eigenvalue weighted by molar-refractivity contribution is -0.125. The van der Waals surface area contributed by atoms with E-state index in [1.165, 1.54) is 0 Å². The highest BCUT2D eigenvalue weighted by molar-refractivity contribution is 5.91. The van der Waals surface area contributed by atoms with E-state index >= 15 is 0 Å². The van der Waals surface area contributed by atoms with Gasteiger partial charge in [-0.05, 0) is 55.7 Å². The van der Waals surface area contributed by atoms with Gasteiger partial charge < -0.3 is 15.2 Å². The first-order valence-corrected chi connectivity index (χ1v) is 8.22. The summed E-state index contributed by atoms with van der Waals surface area (Å²) >= 11 is 0. The van der Waals surface area contributed by atoms with Crippen LogP contribution in [-0.2, 0) is 10.2 Å². The van der Waals surface area contributed by atoms with E-state index in [-0.39, 0.29) is 23.5 Å². The highest BCUT2D eigenvalue weighted by atomic mass is 16.5. The number of aliphatic hydroxyl groups is 1. The van der Waals surface area contributed by atoms with E-state index in [4.69, 9.17) is 4.74 Å². The van der Waals surface area contributed by atoms with E-state index < -0.39 is 0 Å². The van der Waals surface area contributed by atoms with Crippen LogP contribution in [0.5, 0.6) is 5.75 Å². The summed E-state index contributed by atoms with van der Waals surface area (Å²) in [5.41, 5.74) is 0.733. The molecular weight excluding hydrogens is 278 g/mol. The van der Waals surface area contributed by atoms with Crippen LogP contribution in [0.25, 0.3) is 0 Å². The zero-order chi connectivity index (χ0) is 15.7. The molecule has 0 bridgehead atoms. The van der Waals surface area contributed by atoms with Crippen molar-refractivity contribution in [2.24, 2.45) is 5.92 Å². The summed E-state index contributed by atoms with van der Waals surface area (Å²) < 4.78 is 5.18. The van der Waals surface area contributed by atoms with Crippen molar-refractivity contribution in [1.29, 1.82) is 0 Å². The lowest BCUT2D eigenvalue weighted by Gasteiger charge is -2.38. The first-order chi connectivity index (χ1) is 10.6. The number of carbonyl (C=O) groups excluding carboxylic acids is 1. The van der Waals surface area contributed by atoms with Crippen molar-refractivity contribution in [2.75, 3.05) is 7.11 Å². The molecule has 2 aliphatic rings. The van der Waals surface area contributed by atoms with Crippen LogP contribution in [-0.4, -0.2) is 30.3 Å². The van der Waals surface area contributed by atoms with Gasteiger partial charge in [0, 0.05) is 6.04 Å². The summed E-state index contributed by atoms with van der Waals surface area (Å²) in [7, 11) is 1.65. The Morgan fingerprint density at radius 1 is 1.36 bits per heavy atom. The van der Waals surface area contributed by atoms with Crippen molar-refractivity contribution in [3.05, 3.63) is 29.8 Å². The van der Waals surface area contributed by atoms with Gasteiger partial charge in [-0.1, -0.05) is 19.1 Å². The quantitative estimate of drug-likeness (QED) is 0.848. The largest absolute Gasteiger partial charge is 0.497 e. The molecule has 1 amide bonds. The Morgan fingerprint density at radius 2 is 2.00 bits per heavy atom. The van der Waals surface area contributed by atoms with Crippen LogP contribution >= 0.6 is 0 Å². The van der Waals surface area contributed by atoms with Gasteiger partial charge in [-0.25, -0.2) is 0 Å². The maximum absolute atomic E-state index is 12.8. The summed E-state index contributed by atoms with van der Waals surface area (Å²) in [6, 6.07) is 8.02. The third-order valence-corrected chi connectivity index (χ3v) is 5.30. The third kappa shape index (κ3) is 2.72. The van der Waals surface area contributed by atoms with Gasteiger partial charge in [0.1, 0.15) is 5.75 Å². The molecule has 22 heavy (non-hydrogen) atoms. The number of ether oxygens (including phenoxy) is 1. The van der Waals surface area contributed by atoms with Gasteiger partial charge in [-0.15, -0.1) is 0 Å². The molecule has 2 fully saturated rings. The number of aliphatic hydroxyl groups excluding tert-OH is 1. The van der Waals surface area contributed by atoms with E-state index in [0.717, 1.165) is 43.4 Å². The fourth-order valence-corrected chi connectivity index (χ4v) is 3.50. The molecule has 0 unspecified atom stereocenters. The standard InChI is InChI=1S/C18H25NO3/c1-3-16(12-10-14(20)11-12)19-17(21)18(8-9-18)13-4-6-15(22-2)7-5-13/h4-7,12,14,16,20H,3,8-11H2,1-2H3,(H,19,21)/t12?,14?,16-/m0/s1. The molecule has 0 spiro atoms. The first kappa shape index (κ1) is 15.3. The second kappa shape index (κ2) is 5.92. The summed E-state index contributed by atoms with van der Waals surface area (Å²) in [4.78, 5) is 12.8. The topological polar surface area (TPSA) is 58.6 Å². The number of amides is 1. The van der Waals surface area contributed by atoms with Crippen molar-refractivity contribution in [3.8, 4) is 5.75 Å². The average Bonchev–Trinajstić information content (AvgIpc) is 3.31. The number of carbonyl (C=O) groups is 1. The minimum atomic E-state index is -0.345. The van der Waals surface area contributed by atoms with Crippen LogP contribution in [0, 0.1) is 5.92 Å². The van der Waals surface area contributed by atoms with E-state index in [1.807, 2.05) is 24.3 Å². The Bertz CT molecular complexity index is 530. The minimum absolute atomic E-state index is 0.144. The van der Waals surface area contributed by atoms with Gasteiger partial charge >= 0.3 is 0 Å². The molecule has 4 nitrogen and oxygen atoms in total. The fraction of sp³-hybridized carbons (Fsp3) is 0.611. The summed E-state index contributed by atoms with van der Waals surface area (Å²) in [5.74, 6) is 1.39. The monoisotopic (exact) mass is 303 g/mol. The Labute approximate surface area is 131 Å². The molecule has 0 heterocycles. The maximum Gasteiger partial charge on any atom is 0.230 e. The van der Waals surface area contributed by atoms with Crippen molar-refractivity contribution in [3.63, 3.8) is 0 Å². The second-order valence-electron chi connectivity index (χ2n) is 6.68. The van der Waals surface area contributed by atoms with Crippen molar-refractivity contribution >= 4 is 5.91 Å². The highest BCUT2D eigenvalue weighted by Crippen LogP contribution is 2.49. The molecule has 0 radical (unpaired) electrons. The molecule has 2 aliphatic carbocycles. The number of rotatable bonds is 6. The summed E-state index contributed by atoms with van der Waals surface area (Å²) in [5, 5.41) is 12.7. The van der Waals surface area contributed by atoms with Gasteiger partial charge in [0.15, 0.2) is 0 Å². The Balaban J connectivity index is 1.67. The number of methoxy groups -OCH3 is 1. The Kier molecular flexibility index (Phi) is 4.13. The van der Waals surface area contributed by atoms with Gasteiger partial charge in [0.25, 0.3) is 0 Å². The van der Waals surface area contributed by atoms with Crippen LogP contribution in [0.2, 0.25) is 0 Å². The maximum atomic E-state index is 12.8. The molecule has 0 aromatic heterocycles. The van der Waals surface area contributed by atoms with Crippen LogP contribution in [0.15, 0.2) is 24.3 Å². The molecule has 1 aromatic rings. The van der Waals surface area contributed by atoms with Crippen LogP contribution in [0.4, 0.5) is 0 Å². The predicted molar refractivity (Wildman–Crippen MR) is 84.9 cm³/mol. The average molecular weight is 303 g/mol. The number of nitrogens with one attached hydrogen (secondary N) is 1. The molecule has 120 valence electrons. The molecule has 2 N–H and O–H groups in total. The SMILES string of the molecule is CC[C@H](NC(=O)C1(c2ccc(OC)cc2)CC1)C1CC(O)C1. The van der Waals surface area contributed by atoms with E-state index in [2.05, 4.69) is 12.2 Å². The molecule has 4 heteroatoms. The number of hydrogen-bond donors (Lipinski definition) is 2. The van der Waals surface area contributed by atoms with Gasteiger partial charge in [0.2, 0.25) is 5.91 Å². The Morgan fingerprint density at radius 3 is 2.45 bits per heavy atom. The summed E-state index contributed by atoms with van der Waals surface area (Å²) in [6.07, 6.45) is 4.20. The second-order valence-corrected chi connectivity index (χ2v) is 6.68. The van der Waals surface area contributed by atoms with Crippen molar-refractivity contribution < 1.29 is 14.6 Å². The normalized spacial score (nSPS) is 26.7. The minimum Gasteiger partial charge on any atom is -0.497 e. The van der Waals surface area contributed by atoms with E-state index in [1.54, 1.807) is 7.11 Å². The first-order valence-electron chi connectivity index (χ1n) is 8.22. The zero-order valence-corrected chi connectivity index (χ0v) is 13.3. The van der Waals surface area contributed by atoms with Gasteiger partial charge in [-0.3, -0.25) is 4.79 Å². The third-order valence-electron chi connectivity index (χ3n) is 5.30. The number of hydrogen-bond acceptors (Lipinski definition) is 3. The number of benzene rings is 1. The molecule has 1 aromatic carbocycles. The predicted octanol–water partition coefficient (Wildman–Crippen LogP) is 2.39. The van der Waals surface area contributed by atoms with Gasteiger partial charge in [0.05, 0.1) is 18.6 Å². The summed E-state index contributed by atoms with van der Waals surface area (Å²) in [6.45, 7) is 2.10. The van der Waals surface area contributed by atoms with Crippen molar-refractivity contribution in [1.82, 2.24) is 5.32 Å². The van der Waals surface area contributed by atoms with Crippen LogP contribution in [0.1, 0.15) is 44.6 Å². The zero-order valence-electron chi connectivity index (χ0n) is 13.3. The van der Waals surface area contributed by atoms with Crippen LogP contribution < -0.4 is 10.1 Å². The smallest absolute Gasteiger partial charge is 0.230 e. The fourth-order valence-electron chi connectivity index (χ4n) is 3.50. The highest BCUT2D eigenvalue weighted by Gasteiger charge is 2.52. The molecular formula is C18H25NO3. The Hall–Kier alpha value is -1.55. The van der Waals surface area contributed by atoms with Crippen molar-refractivity contribution in [2.45, 2.75) is 56.6 Å². The van der Waals surface area contributed by atoms with Gasteiger partial charge in [-0.2, -0.15) is 0 Å².